The minimum absolute atomic E-state index is 0.165. The third-order valence-electron chi connectivity index (χ3n) is 5.39. The van der Waals surface area contributed by atoms with Crippen LogP contribution in [-0.4, -0.2) is 23.4 Å². The lowest BCUT2D eigenvalue weighted by Crippen LogP contribution is -2.43. The van der Waals surface area contributed by atoms with Gasteiger partial charge < -0.3 is 9.72 Å². The summed E-state index contributed by atoms with van der Waals surface area (Å²) in [6, 6.07) is 13.2. The second kappa shape index (κ2) is 8.39. The molecule has 0 atom stereocenters. The number of hydrogen-bond acceptors (Lipinski definition) is 3. The van der Waals surface area contributed by atoms with Gasteiger partial charge in [0.1, 0.15) is 5.75 Å². The average Bonchev–Trinajstić information content (AvgIpc) is 3.14. The van der Waals surface area contributed by atoms with E-state index in [1.807, 2.05) is 43.3 Å². The lowest BCUT2D eigenvalue weighted by Gasteiger charge is -2.12. The van der Waals surface area contributed by atoms with Gasteiger partial charge in [-0.2, -0.15) is 0 Å². The molecular weight excluding hydrogens is 366 g/mol. The molecule has 2 amide bonds. The second-order valence-electron chi connectivity index (χ2n) is 7.30. The fourth-order valence-corrected chi connectivity index (χ4v) is 3.86. The zero-order chi connectivity index (χ0) is 20.2. The molecule has 1 aliphatic carbocycles. The van der Waals surface area contributed by atoms with Gasteiger partial charge in [0, 0.05) is 22.2 Å². The molecule has 29 heavy (non-hydrogen) atoms. The van der Waals surface area contributed by atoms with E-state index >= 15 is 0 Å². The van der Waals surface area contributed by atoms with E-state index in [1.165, 1.54) is 24.1 Å². The second-order valence-corrected chi connectivity index (χ2v) is 7.30. The number of carbonyl (C=O) groups is 2. The molecule has 0 radical (unpaired) electrons. The fraction of sp³-hybridized carbons (Fsp3) is 0.304. The predicted octanol–water partition coefficient (Wildman–Crippen LogP) is 3.45. The van der Waals surface area contributed by atoms with Gasteiger partial charge in [0.05, 0.1) is 0 Å². The number of rotatable bonds is 5. The number of nitrogens with one attached hydrogen (secondary N) is 3. The molecule has 1 aliphatic rings. The van der Waals surface area contributed by atoms with E-state index in [1.54, 1.807) is 6.07 Å². The lowest BCUT2D eigenvalue weighted by atomic mass is 9.95. The summed E-state index contributed by atoms with van der Waals surface area (Å²) in [5.41, 5.74) is 10.1. The van der Waals surface area contributed by atoms with E-state index in [0.717, 1.165) is 35.7 Å². The number of amides is 2. The minimum atomic E-state index is -0.413. The van der Waals surface area contributed by atoms with Crippen LogP contribution < -0.4 is 15.6 Å². The molecule has 3 aromatic rings. The van der Waals surface area contributed by atoms with Gasteiger partial charge in [-0.05, 0) is 67.5 Å². The molecule has 6 heteroatoms. The Hall–Kier alpha value is -3.28. The van der Waals surface area contributed by atoms with Gasteiger partial charge in [0.15, 0.2) is 6.61 Å². The van der Waals surface area contributed by atoms with Crippen LogP contribution in [0.1, 0.15) is 46.9 Å². The van der Waals surface area contributed by atoms with Crippen molar-refractivity contribution in [2.24, 2.45) is 0 Å². The number of benzene rings is 2. The number of aromatic amines is 1. The van der Waals surface area contributed by atoms with Crippen molar-refractivity contribution < 1.29 is 14.3 Å². The van der Waals surface area contributed by atoms with Crippen molar-refractivity contribution >= 4 is 22.7 Å². The number of para-hydroxylation sites is 1. The summed E-state index contributed by atoms with van der Waals surface area (Å²) in [4.78, 5) is 28.0. The third kappa shape index (κ3) is 4.11. The van der Waals surface area contributed by atoms with Crippen molar-refractivity contribution in [2.45, 2.75) is 39.0 Å². The summed E-state index contributed by atoms with van der Waals surface area (Å²) in [5, 5.41) is 1.10. The molecule has 1 aromatic heterocycles. The number of aryl methyl sites for hydroxylation is 3. The van der Waals surface area contributed by atoms with Gasteiger partial charge in [-0.3, -0.25) is 20.4 Å². The van der Waals surface area contributed by atoms with Crippen LogP contribution in [0.5, 0.6) is 5.75 Å². The maximum absolute atomic E-state index is 12.5. The first-order chi connectivity index (χ1) is 14.2. The van der Waals surface area contributed by atoms with Crippen LogP contribution in [0, 0.1) is 0 Å². The highest BCUT2D eigenvalue weighted by Crippen LogP contribution is 2.29. The predicted molar refractivity (Wildman–Crippen MR) is 112 cm³/mol. The van der Waals surface area contributed by atoms with Gasteiger partial charge in [0.25, 0.3) is 11.8 Å². The molecule has 1 heterocycles. The standard InChI is InChI=1S/C23H25N3O3/c1-2-15-7-3-6-10-21(15)29-14-22(27)25-26-23(28)16-11-12-20-18(13-16)17-8-4-5-9-19(17)24-20/h3,6-7,10-13,24H,2,4-5,8-9,14H2,1H3,(H,25,27)(H,26,28). The van der Waals surface area contributed by atoms with E-state index in [-0.39, 0.29) is 12.5 Å². The van der Waals surface area contributed by atoms with Crippen LogP contribution in [0.15, 0.2) is 42.5 Å². The Morgan fingerprint density at radius 2 is 1.90 bits per heavy atom. The fourth-order valence-electron chi connectivity index (χ4n) is 3.86. The van der Waals surface area contributed by atoms with Crippen LogP contribution >= 0.6 is 0 Å². The maximum atomic E-state index is 12.5. The average molecular weight is 391 g/mol. The smallest absolute Gasteiger partial charge is 0.276 e. The Morgan fingerprint density at radius 3 is 2.76 bits per heavy atom. The number of carbonyl (C=O) groups excluding carboxylic acids is 2. The molecule has 0 saturated carbocycles. The first-order valence-corrected chi connectivity index (χ1v) is 10.1. The van der Waals surface area contributed by atoms with Crippen molar-refractivity contribution in [3.63, 3.8) is 0 Å². The molecular formula is C23H25N3O3. The molecule has 0 unspecified atom stereocenters. The number of H-pyrrole nitrogens is 1. The summed E-state index contributed by atoms with van der Waals surface area (Å²) in [5.74, 6) is -0.0801. The molecule has 0 spiro atoms. The molecule has 0 saturated heterocycles. The molecule has 150 valence electrons. The molecule has 0 fully saturated rings. The van der Waals surface area contributed by atoms with Crippen molar-refractivity contribution in [3.05, 3.63) is 64.8 Å². The molecule has 0 aliphatic heterocycles. The van der Waals surface area contributed by atoms with E-state index in [2.05, 4.69) is 15.8 Å². The SMILES string of the molecule is CCc1ccccc1OCC(=O)NNC(=O)c1ccc2[nH]c3c(c2c1)CCCC3. The van der Waals surface area contributed by atoms with Crippen molar-refractivity contribution in [1.82, 2.24) is 15.8 Å². The summed E-state index contributed by atoms with van der Waals surface area (Å²) >= 11 is 0. The zero-order valence-electron chi connectivity index (χ0n) is 16.5. The largest absolute Gasteiger partial charge is 0.483 e. The van der Waals surface area contributed by atoms with Gasteiger partial charge in [-0.15, -0.1) is 0 Å². The minimum Gasteiger partial charge on any atom is -0.483 e. The monoisotopic (exact) mass is 391 g/mol. The Labute approximate surface area is 169 Å². The van der Waals surface area contributed by atoms with E-state index in [4.69, 9.17) is 4.74 Å². The van der Waals surface area contributed by atoms with Gasteiger partial charge in [0.2, 0.25) is 0 Å². The van der Waals surface area contributed by atoms with E-state index in [0.29, 0.717) is 11.3 Å². The normalized spacial score (nSPS) is 13.0. The Bertz CT molecular complexity index is 1050. The Kier molecular flexibility index (Phi) is 5.51. The zero-order valence-corrected chi connectivity index (χ0v) is 16.5. The number of hydrazine groups is 1. The Balaban J connectivity index is 1.36. The van der Waals surface area contributed by atoms with Crippen molar-refractivity contribution in [2.75, 3.05) is 6.61 Å². The first kappa shape index (κ1) is 19.1. The number of hydrogen-bond donors (Lipinski definition) is 3. The first-order valence-electron chi connectivity index (χ1n) is 10.1. The van der Waals surface area contributed by atoms with Gasteiger partial charge in [-0.25, -0.2) is 0 Å². The topological polar surface area (TPSA) is 83.2 Å². The number of aromatic nitrogens is 1. The van der Waals surface area contributed by atoms with Gasteiger partial charge in [-0.1, -0.05) is 25.1 Å². The summed E-state index contributed by atoms with van der Waals surface area (Å²) in [6.45, 7) is 1.86. The Morgan fingerprint density at radius 1 is 1.07 bits per heavy atom. The highest BCUT2D eigenvalue weighted by atomic mass is 16.5. The highest BCUT2D eigenvalue weighted by molar-refractivity contribution is 5.99. The molecule has 2 aromatic carbocycles. The van der Waals surface area contributed by atoms with Gasteiger partial charge >= 0.3 is 0 Å². The van der Waals surface area contributed by atoms with Crippen LogP contribution in [-0.2, 0) is 24.1 Å². The van der Waals surface area contributed by atoms with Crippen LogP contribution in [0.25, 0.3) is 10.9 Å². The quantitative estimate of drug-likeness (QED) is 0.583. The highest BCUT2D eigenvalue weighted by Gasteiger charge is 2.17. The van der Waals surface area contributed by atoms with Crippen LogP contribution in [0.4, 0.5) is 0 Å². The molecule has 0 bridgehead atoms. The maximum Gasteiger partial charge on any atom is 0.276 e. The van der Waals surface area contributed by atoms with Crippen molar-refractivity contribution in [1.29, 1.82) is 0 Å². The number of fused-ring (bicyclic) bond motifs is 3. The molecule has 3 N–H and O–H groups in total. The third-order valence-corrected chi connectivity index (χ3v) is 5.39. The van der Waals surface area contributed by atoms with Crippen molar-refractivity contribution in [3.8, 4) is 5.75 Å². The molecule has 6 nitrogen and oxygen atoms in total. The van der Waals surface area contributed by atoms with E-state index < -0.39 is 5.91 Å². The van der Waals surface area contributed by atoms with Crippen LogP contribution in [0.2, 0.25) is 0 Å². The molecule has 4 rings (SSSR count). The summed E-state index contributed by atoms with van der Waals surface area (Å²) in [7, 11) is 0. The van der Waals surface area contributed by atoms with Crippen LogP contribution in [0.3, 0.4) is 0 Å². The lowest BCUT2D eigenvalue weighted by molar-refractivity contribution is -0.123. The summed E-state index contributed by atoms with van der Waals surface area (Å²) < 4.78 is 5.57. The van der Waals surface area contributed by atoms with E-state index in [9.17, 15) is 9.59 Å². The summed E-state index contributed by atoms with van der Waals surface area (Å²) in [6.07, 6.45) is 5.29. The number of ether oxygens (including phenoxy) is 1.